The molecule has 1 aromatic rings. The van der Waals surface area contributed by atoms with Gasteiger partial charge in [-0.05, 0) is 25.2 Å². The molecule has 2 rings (SSSR count). The predicted octanol–water partition coefficient (Wildman–Crippen LogP) is 1.02. The van der Waals surface area contributed by atoms with Crippen molar-refractivity contribution in [1.82, 2.24) is 4.90 Å². The number of rotatable bonds is 1. The molecule has 16 heavy (non-hydrogen) atoms. The normalized spacial score (nSPS) is 17.1. The Kier molecular flexibility index (Phi) is 2.97. The van der Waals surface area contributed by atoms with Crippen molar-refractivity contribution in [3.05, 3.63) is 23.8 Å². The monoisotopic (exact) mass is 217 g/mol. The van der Waals surface area contributed by atoms with E-state index in [9.17, 15) is 5.11 Å². The fourth-order valence-electron chi connectivity index (χ4n) is 1.94. The van der Waals surface area contributed by atoms with Gasteiger partial charge in [0.2, 0.25) is 0 Å². The highest BCUT2D eigenvalue weighted by atomic mass is 16.3. The third-order valence-electron chi connectivity index (χ3n) is 2.94. The minimum Gasteiger partial charge on any atom is -0.508 e. The SMILES string of the molecule is CN1CCN(c2ccc(O)cc2C#N)CC1. The number of phenolic OH excluding ortho intramolecular Hbond substituents is 1. The second-order valence-electron chi connectivity index (χ2n) is 4.10. The minimum absolute atomic E-state index is 0.148. The maximum atomic E-state index is 9.33. The Morgan fingerprint density at radius 3 is 2.56 bits per heavy atom. The highest BCUT2D eigenvalue weighted by Crippen LogP contribution is 2.24. The zero-order valence-corrected chi connectivity index (χ0v) is 9.35. The molecule has 0 bridgehead atoms. The van der Waals surface area contributed by atoms with Gasteiger partial charge in [0.25, 0.3) is 0 Å². The standard InChI is InChI=1S/C12H15N3O/c1-14-4-6-15(7-5-14)12-3-2-11(16)8-10(12)9-13/h2-3,8,16H,4-7H2,1H3. The average Bonchev–Trinajstić information content (AvgIpc) is 2.30. The van der Waals surface area contributed by atoms with E-state index < -0.39 is 0 Å². The Bertz CT molecular complexity index is 417. The summed E-state index contributed by atoms with van der Waals surface area (Å²) >= 11 is 0. The first-order valence-corrected chi connectivity index (χ1v) is 5.37. The van der Waals surface area contributed by atoms with E-state index in [1.54, 1.807) is 6.07 Å². The van der Waals surface area contributed by atoms with Gasteiger partial charge in [0, 0.05) is 26.2 Å². The van der Waals surface area contributed by atoms with Gasteiger partial charge >= 0.3 is 0 Å². The predicted molar refractivity (Wildman–Crippen MR) is 62.5 cm³/mol. The van der Waals surface area contributed by atoms with Crippen LogP contribution in [-0.2, 0) is 0 Å². The second-order valence-corrected chi connectivity index (χ2v) is 4.10. The lowest BCUT2D eigenvalue weighted by Gasteiger charge is -2.34. The molecule has 0 spiro atoms. The second kappa shape index (κ2) is 4.42. The van der Waals surface area contributed by atoms with Crippen molar-refractivity contribution in [3.63, 3.8) is 0 Å². The Hall–Kier alpha value is -1.73. The number of likely N-dealkylation sites (N-methyl/N-ethyl adjacent to an activating group) is 1. The first-order chi connectivity index (χ1) is 7.70. The van der Waals surface area contributed by atoms with E-state index in [4.69, 9.17) is 5.26 Å². The topological polar surface area (TPSA) is 50.5 Å². The van der Waals surface area contributed by atoms with E-state index >= 15 is 0 Å². The number of hydrogen-bond donors (Lipinski definition) is 1. The number of benzene rings is 1. The molecule has 1 aliphatic heterocycles. The van der Waals surface area contributed by atoms with E-state index in [0.29, 0.717) is 5.56 Å². The summed E-state index contributed by atoms with van der Waals surface area (Å²) in [4.78, 5) is 4.46. The Morgan fingerprint density at radius 1 is 1.25 bits per heavy atom. The fraction of sp³-hybridized carbons (Fsp3) is 0.417. The molecule has 0 amide bonds. The molecule has 0 aromatic heterocycles. The van der Waals surface area contributed by atoms with Crippen LogP contribution in [-0.4, -0.2) is 43.2 Å². The van der Waals surface area contributed by atoms with E-state index in [-0.39, 0.29) is 5.75 Å². The lowest BCUT2D eigenvalue weighted by atomic mass is 10.1. The fourth-order valence-corrected chi connectivity index (χ4v) is 1.94. The third kappa shape index (κ3) is 2.10. The number of aromatic hydroxyl groups is 1. The maximum Gasteiger partial charge on any atom is 0.117 e. The molecule has 4 nitrogen and oxygen atoms in total. The van der Waals surface area contributed by atoms with Crippen molar-refractivity contribution in [2.24, 2.45) is 0 Å². The molecule has 84 valence electrons. The molecule has 0 saturated carbocycles. The number of phenols is 1. The molecule has 1 heterocycles. The zero-order chi connectivity index (χ0) is 11.5. The van der Waals surface area contributed by atoms with Gasteiger partial charge < -0.3 is 14.9 Å². The van der Waals surface area contributed by atoms with Gasteiger partial charge in [-0.1, -0.05) is 0 Å². The van der Waals surface area contributed by atoms with Crippen LogP contribution in [0.15, 0.2) is 18.2 Å². The number of nitrogens with zero attached hydrogens (tertiary/aromatic N) is 3. The van der Waals surface area contributed by atoms with Crippen LogP contribution in [0.5, 0.6) is 5.75 Å². The number of nitriles is 1. The van der Waals surface area contributed by atoms with E-state index in [1.165, 1.54) is 6.07 Å². The molecular weight excluding hydrogens is 202 g/mol. The Morgan fingerprint density at radius 2 is 1.94 bits per heavy atom. The van der Waals surface area contributed by atoms with Gasteiger partial charge in [-0.2, -0.15) is 5.26 Å². The molecule has 0 radical (unpaired) electrons. The van der Waals surface area contributed by atoms with Crippen molar-refractivity contribution in [2.75, 3.05) is 38.1 Å². The lowest BCUT2D eigenvalue weighted by molar-refractivity contribution is 0.313. The molecule has 4 heteroatoms. The Balaban J connectivity index is 2.24. The van der Waals surface area contributed by atoms with Gasteiger partial charge in [-0.3, -0.25) is 0 Å². The van der Waals surface area contributed by atoms with Crippen LogP contribution in [0.3, 0.4) is 0 Å². The van der Waals surface area contributed by atoms with Crippen LogP contribution in [0, 0.1) is 11.3 Å². The molecule has 0 unspecified atom stereocenters. The summed E-state index contributed by atoms with van der Waals surface area (Å²) < 4.78 is 0. The van der Waals surface area contributed by atoms with Gasteiger partial charge in [0.05, 0.1) is 11.3 Å². The van der Waals surface area contributed by atoms with Gasteiger partial charge in [-0.25, -0.2) is 0 Å². The molecule has 1 fully saturated rings. The van der Waals surface area contributed by atoms with Crippen molar-refractivity contribution >= 4 is 5.69 Å². The molecule has 0 aliphatic carbocycles. The van der Waals surface area contributed by atoms with E-state index in [2.05, 4.69) is 22.9 Å². The van der Waals surface area contributed by atoms with Crippen LogP contribution in [0.2, 0.25) is 0 Å². The van der Waals surface area contributed by atoms with Crippen molar-refractivity contribution in [3.8, 4) is 11.8 Å². The molecule has 1 aromatic carbocycles. The third-order valence-corrected chi connectivity index (χ3v) is 2.94. The molecular formula is C12H15N3O. The van der Waals surface area contributed by atoms with E-state index in [1.807, 2.05) is 6.07 Å². The molecule has 1 aliphatic rings. The average molecular weight is 217 g/mol. The molecule has 1 N–H and O–H groups in total. The van der Waals surface area contributed by atoms with Crippen LogP contribution < -0.4 is 4.90 Å². The summed E-state index contributed by atoms with van der Waals surface area (Å²) in [6.07, 6.45) is 0. The molecule has 1 saturated heterocycles. The van der Waals surface area contributed by atoms with Crippen LogP contribution >= 0.6 is 0 Å². The first-order valence-electron chi connectivity index (χ1n) is 5.37. The summed E-state index contributed by atoms with van der Waals surface area (Å²) in [7, 11) is 2.10. The lowest BCUT2D eigenvalue weighted by Crippen LogP contribution is -2.44. The summed E-state index contributed by atoms with van der Waals surface area (Å²) in [5.41, 5.74) is 1.47. The largest absolute Gasteiger partial charge is 0.508 e. The van der Waals surface area contributed by atoms with Crippen LogP contribution in [0.25, 0.3) is 0 Å². The number of hydrogen-bond acceptors (Lipinski definition) is 4. The number of piperazine rings is 1. The molecule has 0 atom stereocenters. The van der Waals surface area contributed by atoms with Gasteiger partial charge in [-0.15, -0.1) is 0 Å². The summed E-state index contributed by atoms with van der Waals surface area (Å²) in [5.74, 6) is 0.148. The van der Waals surface area contributed by atoms with Crippen molar-refractivity contribution in [1.29, 1.82) is 5.26 Å². The Labute approximate surface area is 95.3 Å². The maximum absolute atomic E-state index is 9.33. The summed E-state index contributed by atoms with van der Waals surface area (Å²) in [6.45, 7) is 3.86. The van der Waals surface area contributed by atoms with Crippen molar-refractivity contribution in [2.45, 2.75) is 0 Å². The summed E-state index contributed by atoms with van der Waals surface area (Å²) in [5, 5.41) is 18.4. The van der Waals surface area contributed by atoms with Crippen LogP contribution in [0.4, 0.5) is 5.69 Å². The summed E-state index contributed by atoms with van der Waals surface area (Å²) in [6, 6.07) is 7.10. The van der Waals surface area contributed by atoms with Crippen LogP contribution in [0.1, 0.15) is 5.56 Å². The first kappa shape index (κ1) is 10.8. The highest BCUT2D eigenvalue weighted by Gasteiger charge is 2.17. The number of anilines is 1. The van der Waals surface area contributed by atoms with Gasteiger partial charge in [0.15, 0.2) is 0 Å². The highest BCUT2D eigenvalue weighted by molar-refractivity contribution is 5.61. The quantitative estimate of drug-likeness (QED) is 0.763. The zero-order valence-electron chi connectivity index (χ0n) is 9.35. The smallest absolute Gasteiger partial charge is 0.117 e. The van der Waals surface area contributed by atoms with E-state index in [0.717, 1.165) is 31.9 Å². The van der Waals surface area contributed by atoms with Crippen molar-refractivity contribution < 1.29 is 5.11 Å². The van der Waals surface area contributed by atoms with Gasteiger partial charge in [0.1, 0.15) is 11.8 Å². The minimum atomic E-state index is 0.148.